The predicted molar refractivity (Wildman–Crippen MR) is 65.8 cm³/mol. The summed E-state index contributed by atoms with van der Waals surface area (Å²) in [6, 6.07) is 7.81. The molecule has 1 N–H and O–H groups in total. The Kier molecular flexibility index (Phi) is 3.64. The number of nitrogens with one attached hydrogen (secondary N) is 1. The Morgan fingerprint density at radius 1 is 1.41 bits per heavy atom. The van der Waals surface area contributed by atoms with Gasteiger partial charge in [0.05, 0.1) is 13.0 Å². The molecule has 1 aromatic carbocycles. The van der Waals surface area contributed by atoms with E-state index in [-0.39, 0.29) is 11.8 Å². The average Bonchev–Trinajstić information content (AvgIpc) is 2.27. The van der Waals surface area contributed by atoms with Crippen LogP contribution in [0.5, 0.6) is 5.75 Å². The van der Waals surface area contributed by atoms with Crippen LogP contribution in [0, 0.1) is 5.92 Å². The number of rotatable bonds is 4. The van der Waals surface area contributed by atoms with Crippen LogP contribution in [0.2, 0.25) is 0 Å². The second kappa shape index (κ2) is 5.19. The number of amides is 1. The molecular formula is C13H18N2O2. The number of nitrogens with zero attached hydrogens (tertiary/aromatic N) is 1. The molecule has 2 rings (SSSR count). The quantitative estimate of drug-likeness (QED) is 0.840. The fourth-order valence-electron chi connectivity index (χ4n) is 1.86. The van der Waals surface area contributed by atoms with Gasteiger partial charge < -0.3 is 15.0 Å². The Labute approximate surface area is 102 Å². The Bertz CT molecular complexity index is 385. The molecule has 1 aliphatic rings. The summed E-state index contributed by atoms with van der Waals surface area (Å²) in [6.45, 7) is 2.27. The molecule has 4 heteroatoms. The standard InChI is InChI=1S/C13H18N2O2/c1-15(13(16)11-7-14-8-11)9-10-3-5-12(17-2)6-4-10/h3-6,11,14H,7-9H2,1-2H3. The van der Waals surface area contributed by atoms with Crippen LogP contribution in [0.15, 0.2) is 24.3 Å². The van der Waals surface area contributed by atoms with Crippen molar-refractivity contribution >= 4 is 5.91 Å². The molecule has 0 aliphatic carbocycles. The lowest BCUT2D eigenvalue weighted by atomic mass is 10.0. The van der Waals surface area contributed by atoms with E-state index >= 15 is 0 Å². The number of methoxy groups -OCH3 is 1. The maximum absolute atomic E-state index is 11.9. The van der Waals surface area contributed by atoms with E-state index in [9.17, 15) is 4.79 Å². The largest absolute Gasteiger partial charge is 0.497 e. The van der Waals surface area contributed by atoms with Crippen LogP contribution in [0.25, 0.3) is 0 Å². The van der Waals surface area contributed by atoms with Crippen molar-refractivity contribution < 1.29 is 9.53 Å². The Balaban J connectivity index is 1.92. The minimum absolute atomic E-state index is 0.165. The molecule has 0 bridgehead atoms. The first-order chi connectivity index (χ1) is 8.20. The van der Waals surface area contributed by atoms with Gasteiger partial charge in [-0.25, -0.2) is 0 Å². The van der Waals surface area contributed by atoms with E-state index in [1.54, 1.807) is 12.0 Å². The zero-order valence-corrected chi connectivity index (χ0v) is 10.3. The molecule has 17 heavy (non-hydrogen) atoms. The van der Waals surface area contributed by atoms with Gasteiger partial charge in [0, 0.05) is 26.7 Å². The fourth-order valence-corrected chi connectivity index (χ4v) is 1.86. The van der Waals surface area contributed by atoms with Gasteiger partial charge in [0.2, 0.25) is 5.91 Å². The molecule has 92 valence electrons. The summed E-state index contributed by atoms with van der Waals surface area (Å²) in [6.07, 6.45) is 0. The normalized spacial score (nSPS) is 15.2. The number of ether oxygens (including phenoxy) is 1. The van der Waals surface area contributed by atoms with Crippen molar-refractivity contribution in [1.82, 2.24) is 10.2 Å². The summed E-state index contributed by atoms with van der Waals surface area (Å²) in [4.78, 5) is 13.7. The van der Waals surface area contributed by atoms with Gasteiger partial charge in [-0.1, -0.05) is 12.1 Å². The third-order valence-electron chi connectivity index (χ3n) is 3.09. The van der Waals surface area contributed by atoms with Crippen LogP contribution in [0.4, 0.5) is 0 Å². The van der Waals surface area contributed by atoms with Crippen LogP contribution in [-0.2, 0) is 11.3 Å². The van der Waals surface area contributed by atoms with Crippen molar-refractivity contribution in [2.24, 2.45) is 5.92 Å². The van der Waals surface area contributed by atoms with Gasteiger partial charge in [-0.2, -0.15) is 0 Å². The number of carbonyl (C=O) groups is 1. The summed E-state index contributed by atoms with van der Waals surface area (Å²) in [5.41, 5.74) is 1.12. The molecule has 0 saturated carbocycles. The highest BCUT2D eigenvalue weighted by Gasteiger charge is 2.27. The third kappa shape index (κ3) is 2.77. The second-order valence-electron chi connectivity index (χ2n) is 4.40. The van der Waals surface area contributed by atoms with Gasteiger partial charge in [0.15, 0.2) is 0 Å². The Morgan fingerprint density at radius 2 is 2.06 bits per heavy atom. The molecule has 4 nitrogen and oxygen atoms in total. The van der Waals surface area contributed by atoms with Gasteiger partial charge in [-0.15, -0.1) is 0 Å². The summed E-state index contributed by atoms with van der Waals surface area (Å²) in [7, 11) is 3.50. The smallest absolute Gasteiger partial charge is 0.228 e. The summed E-state index contributed by atoms with van der Waals surface area (Å²) < 4.78 is 5.10. The van der Waals surface area contributed by atoms with Crippen LogP contribution < -0.4 is 10.1 Å². The topological polar surface area (TPSA) is 41.6 Å². The minimum atomic E-state index is 0.165. The maximum Gasteiger partial charge on any atom is 0.228 e. The number of hydrogen-bond donors (Lipinski definition) is 1. The van der Waals surface area contributed by atoms with E-state index in [0.29, 0.717) is 6.54 Å². The van der Waals surface area contributed by atoms with Crippen molar-refractivity contribution in [3.8, 4) is 5.75 Å². The Hall–Kier alpha value is -1.55. The zero-order chi connectivity index (χ0) is 12.3. The first kappa shape index (κ1) is 11.9. The van der Waals surface area contributed by atoms with Crippen molar-refractivity contribution in [1.29, 1.82) is 0 Å². The summed E-state index contributed by atoms with van der Waals surface area (Å²) >= 11 is 0. The Morgan fingerprint density at radius 3 is 2.53 bits per heavy atom. The maximum atomic E-state index is 11.9. The highest BCUT2D eigenvalue weighted by atomic mass is 16.5. The lowest BCUT2D eigenvalue weighted by Crippen LogP contribution is -2.50. The van der Waals surface area contributed by atoms with E-state index in [1.807, 2.05) is 31.3 Å². The first-order valence-electron chi connectivity index (χ1n) is 5.79. The van der Waals surface area contributed by atoms with Gasteiger partial charge in [-0.3, -0.25) is 4.79 Å². The molecule has 0 spiro atoms. The van der Waals surface area contributed by atoms with Crippen LogP contribution in [0.3, 0.4) is 0 Å². The van der Waals surface area contributed by atoms with Crippen molar-refractivity contribution in [2.75, 3.05) is 27.2 Å². The summed E-state index contributed by atoms with van der Waals surface area (Å²) in [5.74, 6) is 1.23. The van der Waals surface area contributed by atoms with Gasteiger partial charge >= 0.3 is 0 Å². The molecule has 0 atom stereocenters. The highest BCUT2D eigenvalue weighted by molar-refractivity contribution is 5.79. The molecule has 0 unspecified atom stereocenters. The van der Waals surface area contributed by atoms with Gasteiger partial charge in [0.25, 0.3) is 0 Å². The highest BCUT2D eigenvalue weighted by Crippen LogP contribution is 2.14. The lowest BCUT2D eigenvalue weighted by Gasteiger charge is -2.30. The second-order valence-corrected chi connectivity index (χ2v) is 4.40. The molecule has 0 radical (unpaired) electrons. The van der Waals surface area contributed by atoms with Crippen LogP contribution >= 0.6 is 0 Å². The number of hydrogen-bond acceptors (Lipinski definition) is 3. The first-order valence-corrected chi connectivity index (χ1v) is 5.79. The van der Waals surface area contributed by atoms with Crippen molar-refractivity contribution in [3.63, 3.8) is 0 Å². The number of benzene rings is 1. The molecule has 1 fully saturated rings. The molecule has 1 heterocycles. The molecule has 1 aromatic rings. The van der Waals surface area contributed by atoms with E-state index < -0.39 is 0 Å². The third-order valence-corrected chi connectivity index (χ3v) is 3.09. The summed E-state index contributed by atoms with van der Waals surface area (Å²) in [5, 5.41) is 3.11. The molecule has 1 amide bonds. The minimum Gasteiger partial charge on any atom is -0.497 e. The van der Waals surface area contributed by atoms with Crippen molar-refractivity contribution in [2.45, 2.75) is 6.54 Å². The molecule has 0 aromatic heterocycles. The monoisotopic (exact) mass is 234 g/mol. The van der Waals surface area contributed by atoms with E-state index in [0.717, 1.165) is 24.4 Å². The van der Waals surface area contributed by atoms with E-state index in [4.69, 9.17) is 4.74 Å². The molecular weight excluding hydrogens is 216 g/mol. The van der Waals surface area contributed by atoms with E-state index in [2.05, 4.69) is 5.32 Å². The van der Waals surface area contributed by atoms with Crippen LogP contribution in [0.1, 0.15) is 5.56 Å². The van der Waals surface area contributed by atoms with Gasteiger partial charge in [-0.05, 0) is 17.7 Å². The van der Waals surface area contributed by atoms with Crippen molar-refractivity contribution in [3.05, 3.63) is 29.8 Å². The number of carbonyl (C=O) groups excluding carboxylic acids is 1. The predicted octanol–water partition coefficient (Wildman–Crippen LogP) is 0.873. The van der Waals surface area contributed by atoms with Crippen LogP contribution in [-0.4, -0.2) is 38.1 Å². The molecule has 1 aliphatic heterocycles. The zero-order valence-electron chi connectivity index (χ0n) is 10.3. The molecule has 1 saturated heterocycles. The van der Waals surface area contributed by atoms with E-state index in [1.165, 1.54) is 0 Å². The average molecular weight is 234 g/mol. The SMILES string of the molecule is COc1ccc(CN(C)C(=O)C2CNC2)cc1. The lowest BCUT2D eigenvalue weighted by molar-refractivity contribution is -0.136. The van der Waals surface area contributed by atoms with Gasteiger partial charge in [0.1, 0.15) is 5.75 Å². The fraction of sp³-hybridized carbons (Fsp3) is 0.462.